The van der Waals surface area contributed by atoms with E-state index in [1.54, 1.807) is 0 Å². The summed E-state index contributed by atoms with van der Waals surface area (Å²) >= 11 is 0. The van der Waals surface area contributed by atoms with Gasteiger partial charge in [0.15, 0.2) is 0 Å². The molecule has 0 bridgehead atoms. The van der Waals surface area contributed by atoms with Crippen LogP contribution in [0.15, 0.2) is 12.2 Å². The molecule has 0 spiro atoms. The average Bonchev–Trinajstić information content (AvgIpc) is 2.55. The maximum atomic E-state index is 11.7. The van der Waals surface area contributed by atoms with E-state index in [4.69, 9.17) is 24.1 Å². The van der Waals surface area contributed by atoms with E-state index in [0.717, 1.165) is 32.1 Å². The monoisotopic (exact) mass is 345 g/mol. The smallest absolute Gasteiger partial charge is 0.407 e. The lowest BCUT2D eigenvalue weighted by Crippen LogP contribution is -2.31. The lowest BCUT2D eigenvalue weighted by Gasteiger charge is -2.18. The van der Waals surface area contributed by atoms with Crippen molar-refractivity contribution < 1.29 is 28.8 Å². The van der Waals surface area contributed by atoms with Gasteiger partial charge in [0, 0.05) is 6.54 Å². The number of aliphatic hydroxyl groups excluding tert-OH is 1. The number of carbonyl (C=O) groups is 1. The summed E-state index contributed by atoms with van der Waals surface area (Å²) in [7, 11) is 0. The van der Waals surface area contributed by atoms with Gasteiger partial charge >= 0.3 is 6.09 Å². The molecule has 0 unspecified atom stereocenters. The third-order valence-electron chi connectivity index (χ3n) is 3.49. The van der Waals surface area contributed by atoms with Crippen molar-refractivity contribution in [2.24, 2.45) is 0 Å². The molecular formula is C17H31NO6. The summed E-state index contributed by atoms with van der Waals surface area (Å²) in [5.41, 5.74) is 0. The third-order valence-corrected chi connectivity index (χ3v) is 3.49. The maximum absolute atomic E-state index is 11.7. The molecule has 1 atom stereocenters. The highest BCUT2D eigenvalue weighted by atomic mass is 16.6. The number of ether oxygens (including phenoxy) is 4. The van der Waals surface area contributed by atoms with Crippen molar-refractivity contribution in [2.45, 2.75) is 38.2 Å². The number of aliphatic hydroxyl groups is 1. The second kappa shape index (κ2) is 15.4. The van der Waals surface area contributed by atoms with Crippen LogP contribution in [0.5, 0.6) is 0 Å². The van der Waals surface area contributed by atoms with Crippen LogP contribution in [0.1, 0.15) is 32.1 Å². The molecule has 0 saturated heterocycles. The van der Waals surface area contributed by atoms with Crippen molar-refractivity contribution in [3.05, 3.63) is 12.2 Å². The molecule has 0 radical (unpaired) electrons. The summed E-state index contributed by atoms with van der Waals surface area (Å²) in [5, 5.41) is 11.2. The molecule has 24 heavy (non-hydrogen) atoms. The number of allylic oxidation sites excluding steroid dienone is 2. The van der Waals surface area contributed by atoms with E-state index in [1.165, 1.54) is 0 Å². The Labute approximate surface area is 144 Å². The zero-order valence-corrected chi connectivity index (χ0v) is 14.4. The second-order valence-electron chi connectivity index (χ2n) is 5.49. The topological polar surface area (TPSA) is 86.3 Å². The van der Waals surface area contributed by atoms with Gasteiger partial charge in [-0.15, -0.1) is 0 Å². The summed E-state index contributed by atoms with van der Waals surface area (Å²) in [6.07, 6.45) is 8.89. The molecular weight excluding hydrogens is 314 g/mol. The van der Waals surface area contributed by atoms with Crippen molar-refractivity contribution in [1.29, 1.82) is 0 Å². The Morgan fingerprint density at radius 3 is 2.38 bits per heavy atom. The fourth-order valence-electron chi connectivity index (χ4n) is 2.27. The minimum atomic E-state index is -0.370. The summed E-state index contributed by atoms with van der Waals surface area (Å²) in [6.45, 7) is 3.08. The number of hydrogen-bond donors (Lipinski definition) is 2. The molecule has 1 amide bonds. The van der Waals surface area contributed by atoms with Crippen LogP contribution in [0, 0.1) is 0 Å². The van der Waals surface area contributed by atoms with Gasteiger partial charge in [-0.2, -0.15) is 0 Å². The van der Waals surface area contributed by atoms with E-state index in [9.17, 15) is 4.79 Å². The molecule has 0 aliphatic heterocycles. The number of rotatable bonds is 12. The Bertz CT molecular complexity index is 337. The zero-order valence-electron chi connectivity index (χ0n) is 14.4. The Balaban J connectivity index is 1.88. The normalized spacial score (nSPS) is 19.3. The van der Waals surface area contributed by atoms with Gasteiger partial charge in [0.05, 0.1) is 46.2 Å². The molecule has 0 aromatic rings. The minimum Gasteiger partial charge on any atom is -0.446 e. The van der Waals surface area contributed by atoms with Crippen LogP contribution >= 0.6 is 0 Å². The maximum Gasteiger partial charge on any atom is 0.407 e. The second-order valence-corrected chi connectivity index (χ2v) is 5.49. The van der Waals surface area contributed by atoms with Crippen molar-refractivity contribution >= 4 is 6.09 Å². The van der Waals surface area contributed by atoms with Crippen molar-refractivity contribution in [3.8, 4) is 0 Å². The fraction of sp³-hybridized carbons (Fsp3) is 0.824. The summed E-state index contributed by atoms with van der Waals surface area (Å²) in [4.78, 5) is 11.7. The first kappa shape index (κ1) is 20.9. The predicted molar refractivity (Wildman–Crippen MR) is 90.0 cm³/mol. The Morgan fingerprint density at radius 2 is 1.62 bits per heavy atom. The molecule has 0 saturated carbocycles. The highest BCUT2D eigenvalue weighted by molar-refractivity contribution is 5.67. The van der Waals surface area contributed by atoms with Gasteiger partial charge in [0.2, 0.25) is 0 Å². The first-order chi connectivity index (χ1) is 11.8. The summed E-state index contributed by atoms with van der Waals surface area (Å²) < 4.78 is 21.1. The molecule has 0 aromatic carbocycles. The van der Waals surface area contributed by atoms with Gasteiger partial charge in [-0.1, -0.05) is 12.2 Å². The minimum absolute atomic E-state index is 0.0114. The molecule has 140 valence electrons. The highest BCUT2D eigenvalue weighted by Crippen LogP contribution is 2.15. The number of nitrogens with one attached hydrogen (secondary N) is 1. The van der Waals surface area contributed by atoms with Crippen LogP contribution in [0.2, 0.25) is 0 Å². The quantitative estimate of drug-likeness (QED) is 0.413. The third kappa shape index (κ3) is 12.3. The van der Waals surface area contributed by atoms with E-state index in [1.807, 2.05) is 0 Å². The van der Waals surface area contributed by atoms with Gasteiger partial charge in [-0.25, -0.2) is 4.79 Å². The summed E-state index contributed by atoms with van der Waals surface area (Å²) in [6, 6.07) is 0. The van der Waals surface area contributed by atoms with Crippen LogP contribution < -0.4 is 5.32 Å². The highest BCUT2D eigenvalue weighted by Gasteiger charge is 2.14. The number of amides is 1. The standard InChI is InChI=1S/C17H31NO6/c19-9-11-22-13-15-23-14-12-21-10-8-18-17(20)24-16-6-4-2-1-3-5-7-16/h1-2,16,19H,3-15H2,(H,18,20)/b2-1+/t16-/m1/s1. The number of carbonyl (C=O) groups excluding carboxylic acids is 1. The molecule has 0 aromatic heterocycles. The number of alkyl carbamates (subject to hydrolysis) is 1. The molecule has 2 N–H and O–H groups in total. The van der Waals surface area contributed by atoms with E-state index in [2.05, 4.69) is 17.5 Å². The molecule has 1 aliphatic rings. The Kier molecular flexibility index (Phi) is 13.4. The molecule has 1 aliphatic carbocycles. The fourth-order valence-corrected chi connectivity index (χ4v) is 2.27. The van der Waals surface area contributed by atoms with Gasteiger partial charge < -0.3 is 29.4 Å². The van der Waals surface area contributed by atoms with Crippen LogP contribution in [-0.2, 0) is 18.9 Å². The van der Waals surface area contributed by atoms with E-state index >= 15 is 0 Å². The van der Waals surface area contributed by atoms with Gasteiger partial charge in [-0.05, 0) is 32.1 Å². The SMILES string of the molecule is O=C(NCCOCCOCCOCCO)O[C@@H]1CC/C=C/CCC1. The molecule has 1 rings (SSSR count). The van der Waals surface area contributed by atoms with Crippen molar-refractivity contribution in [3.63, 3.8) is 0 Å². The van der Waals surface area contributed by atoms with Gasteiger partial charge in [0.25, 0.3) is 0 Å². The first-order valence-corrected chi connectivity index (χ1v) is 8.76. The van der Waals surface area contributed by atoms with E-state index in [-0.39, 0.29) is 18.8 Å². The van der Waals surface area contributed by atoms with Gasteiger partial charge in [-0.3, -0.25) is 0 Å². The average molecular weight is 345 g/mol. The zero-order chi connectivity index (χ0) is 17.3. The first-order valence-electron chi connectivity index (χ1n) is 8.76. The lowest BCUT2D eigenvalue weighted by molar-refractivity contribution is 0.00793. The molecule has 7 heteroatoms. The van der Waals surface area contributed by atoms with Crippen molar-refractivity contribution in [2.75, 3.05) is 52.8 Å². The van der Waals surface area contributed by atoms with Gasteiger partial charge in [0.1, 0.15) is 6.10 Å². The largest absolute Gasteiger partial charge is 0.446 e. The van der Waals surface area contributed by atoms with Crippen LogP contribution in [0.4, 0.5) is 4.79 Å². The van der Waals surface area contributed by atoms with Crippen LogP contribution in [0.25, 0.3) is 0 Å². The van der Waals surface area contributed by atoms with Crippen LogP contribution in [0.3, 0.4) is 0 Å². The molecule has 0 fully saturated rings. The van der Waals surface area contributed by atoms with E-state index < -0.39 is 0 Å². The van der Waals surface area contributed by atoms with Crippen LogP contribution in [-0.4, -0.2) is 70.1 Å². The molecule has 7 nitrogen and oxygen atoms in total. The predicted octanol–water partition coefficient (Wildman–Crippen LogP) is 1.64. The lowest BCUT2D eigenvalue weighted by atomic mass is 10.0. The Morgan fingerprint density at radius 1 is 0.958 bits per heavy atom. The summed E-state index contributed by atoms with van der Waals surface area (Å²) in [5.74, 6) is 0. The Hall–Kier alpha value is -1.15. The van der Waals surface area contributed by atoms with E-state index in [0.29, 0.717) is 46.2 Å². The molecule has 0 heterocycles. The number of hydrogen-bond acceptors (Lipinski definition) is 6. The van der Waals surface area contributed by atoms with Crippen molar-refractivity contribution in [1.82, 2.24) is 5.32 Å².